The van der Waals surface area contributed by atoms with Crippen molar-refractivity contribution < 1.29 is 14.3 Å². The van der Waals surface area contributed by atoms with Crippen LogP contribution in [-0.4, -0.2) is 53.9 Å². The Morgan fingerprint density at radius 2 is 2.00 bits per heavy atom. The van der Waals surface area contributed by atoms with Gasteiger partial charge in [0.1, 0.15) is 0 Å². The number of anilines is 1. The van der Waals surface area contributed by atoms with Crippen molar-refractivity contribution in [2.24, 2.45) is 0 Å². The van der Waals surface area contributed by atoms with Gasteiger partial charge in [0.25, 0.3) is 0 Å². The first-order valence-corrected chi connectivity index (χ1v) is 10.1. The summed E-state index contributed by atoms with van der Waals surface area (Å²) < 4.78 is 12.6. The lowest BCUT2D eigenvalue weighted by Crippen LogP contribution is -2.35. The first-order chi connectivity index (χ1) is 14.4. The molecular weight excluding hydrogens is 406 g/mol. The summed E-state index contributed by atoms with van der Waals surface area (Å²) >= 11 is 6.40. The highest BCUT2D eigenvalue weighted by Crippen LogP contribution is 2.36. The molecule has 4 rings (SSSR count). The van der Waals surface area contributed by atoms with E-state index in [1.54, 1.807) is 18.7 Å². The predicted octanol–water partition coefficient (Wildman–Crippen LogP) is 3.09. The topological polar surface area (TPSA) is 81.0 Å². The molecule has 0 radical (unpaired) electrons. The number of benzene rings is 1. The van der Waals surface area contributed by atoms with Crippen molar-refractivity contribution in [2.75, 3.05) is 32.2 Å². The molecule has 1 unspecified atom stereocenters. The van der Waals surface area contributed by atoms with E-state index in [1.807, 2.05) is 31.2 Å². The van der Waals surface area contributed by atoms with Gasteiger partial charge >= 0.3 is 0 Å². The third-order valence-electron chi connectivity index (χ3n) is 5.30. The molecule has 0 saturated carbocycles. The molecule has 9 heteroatoms. The molecule has 0 aliphatic carbocycles. The molecule has 30 heavy (non-hydrogen) atoms. The number of imidazole rings is 1. The molecule has 8 nitrogen and oxygen atoms in total. The summed E-state index contributed by atoms with van der Waals surface area (Å²) in [5, 5.41) is 7.88. The summed E-state index contributed by atoms with van der Waals surface area (Å²) in [5.74, 6) is 1.26. The molecule has 0 bridgehead atoms. The minimum absolute atomic E-state index is 0.0212. The van der Waals surface area contributed by atoms with Crippen LogP contribution in [0.3, 0.4) is 0 Å². The average Bonchev–Trinajstić information content (AvgIpc) is 3.30. The van der Waals surface area contributed by atoms with Crippen LogP contribution in [0, 0.1) is 6.92 Å². The molecule has 3 aromatic rings. The van der Waals surface area contributed by atoms with Gasteiger partial charge in [0, 0.05) is 37.7 Å². The number of rotatable bonds is 5. The van der Waals surface area contributed by atoms with Gasteiger partial charge in [-0.1, -0.05) is 11.6 Å². The van der Waals surface area contributed by atoms with E-state index in [-0.39, 0.29) is 11.9 Å². The van der Waals surface area contributed by atoms with Gasteiger partial charge in [-0.2, -0.15) is 5.10 Å². The van der Waals surface area contributed by atoms with Gasteiger partial charge in [0.2, 0.25) is 5.91 Å². The molecule has 1 fully saturated rings. The maximum absolute atomic E-state index is 11.4. The summed E-state index contributed by atoms with van der Waals surface area (Å²) in [7, 11) is 3.21. The lowest BCUT2D eigenvalue weighted by atomic mass is 10.1. The van der Waals surface area contributed by atoms with E-state index in [9.17, 15) is 4.79 Å². The number of methoxy groups -OCH3 is 2. The quantitative estimate of drug-likeness (QED) is 0.671. The fourth-order valence-electron chi connectivity index (χ4n) is 4.01. The van der Waals surface area contributed by atoms with E-state index in [0.717, 1.165) is 41.3 Å². The highest BCUT2D eigenvalue weighted by molar-refractivity contribution is 6.29. The first kappa shape index (κ1) is 20.3. The van der Waals surface area contributed by atoms with Crippen molar-refractivity contribution in [3.8, 4) is 22.8 Å². The smallest absolute Gasteiger partial charge is 0.217 e. The summed E-state index contributed by atoms with van der Waals surface area (Å²) in [5.41, 5.74) is 4.20. The van der Waals surface area contributed by atoms with Crippen LogP contribution in [0.2, 0.25) is 5.15 Å². The Hall–Kier alpha value is -3.00. The zero-order chi connectivity index (χ0) is 21.4. The molecule has 2 aromatic heterocycles. The van der Waals surface area contributed by atoms with Crippen molar-refractivity contribution in [3.63, 3.8) is 0 Å². The van der Waals surface area contributed by atoms with Crippen molar-refractivity contribution in [1.82, 2.24) is 19.9 Å². The lowest BCUT2D eigenvalue weighted by Gasteiger charge is -2.19. The normalized spacial score (nSPS) is 16.2. The Morgan fingerprint density at radius 3 is 2.70 bits per heavy atom. The van der Waals surface area contributed by atoms with Crippen LogP contribution in [0.5, 0.6) is 11.5 Å². The van der Waals surface area contributed by atoms with Crippen LogP contribution in [0.15, 0.2) is 24.3 Å². The number of hydrogen-bond acceptors (Lipinski definition) is 6. The number of fused-ring (bicyclic) bond motifs is 1. The molecule has 0 spiro atoms. The van der Waals surface area contributed by atoms with Crippen LogP contribution in [0.4, 0.5) is 5.69 Å². The fraction of sp³-hybridized carbons (Fsp3) is 0.381. The van der Waals surface area contributed by atoms with E-state index >= 15 is 0 Å². The van der Waals surface area contributed by atoms with Gasteiger partial charge in [-0.05, 0) is 31.5 Å². The number of amides is 1. The van der Waals surface area contributed by atoms with Crippen molar-refractivity contribution >= 4 is 28.8 Å². The monoisotopic (exact) mass is 429 g/mol. The van der Waals surface area contributed by atoms with Gasteiger partial charge in [-0.25, -0.2) is 9.50 Å². The number of carbonyl (C=O) groups excluding carboxylic acids is 1. The molecule has 1 saturated heterocycles. The zero-order valence-corrected chi connectivity index (χ0v) is 18.2. The highest BCUT2D eigenvalue weighted by Gasteiger charge is 2.27. The van der Waals surface area contributed by atoms with Crippen LogP contribution >= 0.6 is 11.6 Å². The number of aryl methyl sites for hydroxylation is 1. The van der Waals surface area contributed by atoms with Gasteiger partial charge in [0.05, 0.1) is 31.3 Å². The molecule has 1 aromatic carbocycles. The van der Waals surface area contributed by atoms with Gasteiger partial charge < -0.3 is 19.7 Å². The number of nitrogens with zero attached hydrogens (tertiary/aromatic N) is 4. The van der Waals surface area contributed by atoms with E-state index < -0.39 is 0 Å². The third-order valence-corrected chi connectivity index (χ3v) is 5.49. The molecule has 1 N–H and O–H groups in total. The minimum atomic E-state index is -0.0212. The van der Waals surface area contributed by atoms with Gasteiger partial charge in [-0.3, -0.25) is 4.79 Å². The largest absolute Gasteiger partial charge is 0.493 e. The number of carbonyl (C=O) groups is 1. The predicted molar refractivity (Wildman–Crippen MR) is 116 cm³/mol. The summed E-state index contributed by atoms with van der Waals surface area (Å²) in [4.78, 5) is 18.4. The molecule has 3 heterocycles. The average molecular weight is 430 g/mol. The second-order valence-electron chi connectivity index (χ2n) is 7.34. The second kappa shape index (κ2) is 8.02. The van der Waals surface area contributed by atoms with Crippen LogP contribution < -0.4 is 19.7 Å². The molecule has 1 atom stereocenters. The number of nitrogens with one attached hydrogen (secondary N) is 1. The molecule has 1 aliphatic rings. The SMILES string of the molecule is COc1ccc(-c2c(C)nc3c(N4CCC(NC(C)=O)C4)cc(Cl)nn23)cc1OC. The van der Waals surface area contributed by atoms with E-state index in [1.165, 1.54) is 6.92 Å². The molecule has 1 amide bonds. The Balaban J connectivity index is 1.79. The van der Waals surface area contributed by atoms with Crippen molar-refractivity contribution in [2.45, 2.75) is 26.3 Å². The van der Waals surface area contributed by atoms with E-state index in [2.05, 4.69) is 15.3 Å². The second-order valence-corrected chi connectivity index (χ2v) is 7.72. The van der Waals surface area contributed by atoms with Crippen molar-refractivity contribution in [1.29, 1.82) is 0 Å². The Kier molecular flexibility index (Phi) is 5.42. The van der Waals surface area contributed by atoms with Gasteiger partial charge in [0.15, 0.2) is 22.3 Å². The summed E-state index contributed by atoms with van der Waals surface area (Å²) in [6, 6.07) is 7.65. The fourth-order valence-corrected chi connectivity index (χ4v) is 4.19. The maximum Gasteiger partial charge on any atom is 0.217 e. The Morgan fingerprint density at radius 1 is 1.23 bits per heavy atom. The third kappa shape index (κ3) is 3.63. The Labute approximate surface area is 179 Å². The molecule has 158 valence electrons. The summed E-state index contributed by atoms with van der Waals surface area (Å²) in [6.07, 6.45) is 0.869. The highest BCUT2D eigenvalue weighted by atomic mass is 35.5. The van der Waals surface area contributed by atoms with Crippen LogP contribution in [0.25, 0.3) is 16.9 Å². The first-order valence-electron chi connectivity index (χ1n) is 9.71. The molecule has 1 aliphatic heterocycles. The van der Waals surface area contributed by atoms with E-state index in [0.29, 0.717) is 23.2 Å². The number of aromatic nitrogens is 3. The summed E-state index contributed by atoms with van der Waals surface area (Å²) in [6.45, 7) is 4.99. The minimum Gasteiger partial charge on any atom is -0.493 e. The maximum atomic E-state index is 11.4. The number of halogens is 1. The molecular formula is C21H24ClN5O3. The Bertz CT molecular complexity index is 1110. The van der Waals surface area contributed by atoms with E-state index in [4.69, 9.17) is 26.1 Å². The van der Waals surface area contributed by atoms with Crippen molar-refractivity contribution in [3.05, 3.63) is 35.1 Å². The van der Waals surface area contributed by atoms with Crippen LogP contribution in [0.1, 0.15) is 19.0 Å². The van der Waals surface area contributed by atoms with Gasteiger partial charge in [-0.15, -0.1) is 0 Å². The standard InChI is InChI=1S/C21H24ClN5O3/c1-12-20(14-5-6-17(29-3)18(9-14)30-4)27-21(23-12)16(10-19(22)25-27)26-8-7-15(11-26)24-13(2)28/h5-6,9-10,15H,7-8,11H2,1-4H3,(H,24,28). The number of hydrogen-bond donors (Lipinski definition) is 1. The lowest BCUT2D eigenvalue weighted by molar-refractivity contribution is -0.119. The van der Waals surface area contributed by atoms with Crippen LogP contribution in [-0.2, 0) is 4.79 Å². The zero-order valence-electron chi connectivity index (χ0n) is 17.4. The number of ether oxygens (including phenoxy) is 2.